The van der Waals surface area contributed by atoms with Crippen LogP contribution in [0.4, 0.5) is 10.1 Å². The summed E-state index contributed by atoms with van der Waals surface area (Å²) in [5.41, 5.74) is 2.83. The number of nitrogens with one attached hydrogen (secondary N) is 1. The maximum atomic E-state index is 12.8. The zero-order valence-corrected chi connectivity index (χ0v) is 11.3. The van der Waals surface area contributed by atoms with Crippen LogP contribution in [0, 0.1) is 5.95 Å². The fourth-order valence-corrected chi connectivity index (χ4v) is 2.33. The summed E-state index contributed by atoms with van der Waals surface area (Å²) in [5.74, 6) is 0.446. The fourth-order valence-electron chi connectivity index (χ4n) is 2.33. The van der Waals surface area contributed by atoms with Gasteiger partial charge in [-0.2, -0.15) is 4.39 Å². The highest BCUT2D eigenvalue weighted by atomic mass is 19.1. The van der Waals surface area contributed by atoms with Gasteiger partial charge in [0.05, 0.1) is 29.0 Å². The summed E-state index contributed by atoms with van der Waals surface area (Å²) in [6, 6.07) is 11.0. The van der Waals surface area contributed by atoms with Crippen LogP contribution < -0.4 is 5.32 Å². The highest BCUT2D eigenvalue weighted by molar-refractivity contribution is 5.76. The third-order valence-corrected chi connectivity index (χ3v) is 3.32. The second-order valence-corrected chi connectivity index (χ2v) is 4.75. The molecule has 0 aliphatic carbocycles. The van der Waals surface area contributed by atoms with E-state index in [2.05, 4.69) is 19.9 Å². The van der Waals surface area contributed by atoms with Crippen LogP contribution >= 0.6 is 0 Å². The number of pyridine rings is 1. The van der Waals surface area contributed by atoms with Crippen molar-refractivity contribution in [2.75, 3.05) is 5.32 Å². The lowest BCUT2D eigenvalue weighted by Gasteiger charge is -2.14. The molecule has 0 aliphatic heterocycles. The van der Waals surface area contributed by atoms with E-state index in [-0.39, 0.29) is 6.04 Å². The minimum absolute atomic E-state index is 0.000314. The molecule has 2 aromatic heterocycles. The molecule has 2 heterocycles. The third kappa shape index (κ3) is 2.22. The third-order valence-electron chi connectivity index (χ3n) is 3.32. The molecule has 1 unspecified atom stereocenters. The highest BCUT2D eigenvalue weighted by Gasteiger charge is 2.14. The van der Waals surface area contributed by atoms with E-state index in [9.17, 15) is 4.39 Å². The van der Waals surface area contributed by atoms with Crippen molar-refractivity contribution in [2.45, 2.75) is 13.0 Å². The van der Waals surface area contributed by atoms with E-state index >= 15 is 0 Å². The second-order valence-electron chi connectivity index (χ2n) is 4.75. The van der Waals surface area contributed by atoms with Gasteiger partial charge in [0.25, 0.3) is 0 Å². The van der Waals surface area contributed by atoms with Crippen LogP contribution in [0.2, 0.25) is 0 Å². The number of hydrogen-bond donors (Lipinski definition) is 1. The largest absolute Gasteiger partial charge is 0.374 e. The van der Waals surface area contributed by atoms with E-state index in [1.165, 1.54) is 12.3 Å². The van der Waals surface area contributed by atoms with Gasteiger partial charge in [-0.1, -0.05) is 12.1 Å². The molecule has 102 valence electrons. The Hall–Kier alpha value is -2.43. The maximum Gasteiger partial charge on any atom is 0.212 e. The smallest absolute Gasteiger partial charge is 0.212 e. The molecule has 1 aromatic carbocycles. The SMILES string of the molecule is CC(Nc1ccc(F)nc1)c1nc2ccccc2n1C. The van der Waals surface area contributed by atoms with Gasteiger partial charge in [-0.3, -0.25) is 0 Å². The van der Waals surface area contributed by atoms with Gasteiger partial charge in [0, 0.05) is 7.05 Å². The molecule has 0 aliphatic rings. The number of halogens is 1. The predicted octanol–water partition coefficient (Wildman–Crippen LogP) is 3.28. The highest BCUT2D eigenvalue weighted by Crippen LogP contribution is 2.22. The molecular formula is C15H15FN4. The number of anilines is 1. The van der Waals surface area contributed by atoms with Crippen molar-refractivity contribution in [1.82, 2.24) is 14.5 Å². The van der Waals surface area contributed by atoms with E-state index < -0.39 is 5.95 Å². The summed E-state index contributed by atoms with van der Waals surface area (Å²) in [4.78, 5) is 8.27. The molecule has 20 heavy (non-hydrogen) atoms. The normalized spacial score (nSPS) is 12.6. The molecule has 5 heteroatoms. The minimum Gasteiger partial charge on any atom is -0.374 e. The van der Waals surface area contributed by atoms with Crippen molar-refractivity contribution in [3.63, 3.8) is 0 Å². The number of aryl methyl sites for hydroxylation is 1. The van der Waals surface area contributed by atoms with Gasteiger partial charge in [-0.05, 0) is 31.2 Å². The van der Waals surface area contributed by atoms with Crippen LogP contribution in [0.25, 0.3) is 11.0 Å². The molecule has 3 rings (SSSR count). The summed E-state index contributed by atoms with van der Waals surface area (Å²) >= 11 is 0. The van der Waals surface area contributed by atoms with Crippen molar-refractivity contribution in [1.29, 1.82) is 0 Å². The number of aromatic nitrogens is 3. The summed E-state index contributed by atoms with van der Waals surface area (Å²) < 4.78 is 14.9. The summed E-state index contributed by atoms with van der Waals surface area (Å²) in [5, 5.41) is 3.27. The Morgan fingerprint density at radius 1 is 1.20 bits per heavy atom. The van der Waals surface area contributed by atoms with Crippen LogP contribution in [0.15, 0.2) is 42.6 Å². The Morgan fingerprint density at radius 3 is 2.70 bits per heavy atom. The molecule has 0 radical (unpaired) electrons. The number of hydrogen-bond acceptors (Lipinski definition) is 3. The predicted molar refractivity (Wildman–Crippen MR) is 76.9 cm³/mol. The van der Waals surface area contributed by atoms with E-state index in [1.54, 1.807) is 6.07 Å². The first kappa shape index (κ1) is 12.6. The van der Waals surface area contributed by atoms with Crippen molar-refractivity contribution in [2.24, 2.45) is 7.05 Å². The number of benzene rings is 1. The molecule has 0 amide bonds. The second kappa shape index (κ2) is 4.92. The lowest BCUT2D eigenvalue weighted by molar-refractivity contribution is 0.583. The van der Waals surface area contributed by atoms with Crippen molar-refractivity contribution >= 4 is 16.7 Å². The Balaban J connectivity index is 1.90. The minimum atomic E-state index is -0.481. The first-order chi connectivity index (χ1) is 9.65. The summed E-state index contributed by atoms with van der Waals surface area (Å²) in [7, 11) is 1.99. The topological polar surface area (TPSA) is 42.7 Å². The number of para-hydroxylation sites is 2. The molecule has 3 aromatic rings. The molecule has 0 saturated carbocycles. The van der Waals surface area contributed by atoms with Crippen molar-refractivity contribution in [3.8, 4) is 0 Å². The molecule has 1 N–H and O–H groups in total. The van der Waals surface area contributed by atoms with E-state index in [0.29, 0.717) is 0 Å². The fraction of sp³-hybridized carbons (Fsp3) is 0.200. The number of rotatable bonds is 3. The zero-order chi connectivity index (χ0) is 14.1. The number of fused-ring (bicyclic) bond motifs is 1. The van der Waals surface area contributed by atoms with Crippen LogP contribution in [0.1, 0.15) is 18.8 Å². The molecule has 0 spiro atoms. The Labute approximate surface area is 116 Å². The van der Waals surface area contributed by atoms with Gasteiger partial charge in [0.1, 0.15) is 5.82 Å². The van der Waals surface area contributed by atoms with Crippen molar-refractivity contribution in [3.05, 3.63) is 54.4 Å². The zero-order valence-electron chi connectivity index (χ0n) is 11.3. The van der Waals surface area contributed by atoms with Crippen LogP contribution in [-0.4, -0.2) is 14.5 Å². The van der Waals surface area contributed by atoms with Gasteiger partial charge in [0.15, 0.2) is 0 Å². The first-order valence-corrected chi connectivity index (χ1v) is 6.44. The van der Waals surface area contributed by atoms with E-state index in [0.717, 1.165) is 22.5 Å². The van der Waals surface area contributed by atoms with E-state index in [4.69, 9.17) is 0 Å². The number of nitrogens with zero attached hydrogens (tertiary/aromatic N) is 3. The number of imidazole rings is 1. The van der Waals surface area contributed by atoms with Crippen LogP contribution in [0.5, 0.6) is 0 Å². The molecular weight excluding hydrogens is 255 g/mol. The Kier molecular flexibility index (Phi) is 3.10. The summed E-state index contributed by atoms with van der Waals surface area (Å²) in [6.07, 6.45) is 1.48. The van der Waals surface area contributed by atoms with Gasteiger partial charge in [0.2, 0.25) is 5.95 Å². The first-order valence-electron chi connectivity index (χ1n) is 6.44. The Bertz CT molecular complexity index is 733. The maximum absolute atomic E-state index is 12.8. The molecule has 1 atom stereocenters. The van der Waals surface area contributed by atoms with Crippen LogP contribution in [-0.2, 0) is 7.05 Å². The standard InChI is InChI=1S/C15H15FN4/c1-10(18-11-7-8-14(16)17-9-11)15-19-12-5-3-4-6-13(12)20(15)2/h3-10,18H,1-2H3. The lowest BCUT2D eigenvalue weighted by Crippen LogP contribution is -2.12. The molecule has 0 fully saturated rings. The van der Waals surface area contributed by atoms with Gasteiger partial charge >= 0.3 is 0 Å². The average Bonchev–Trinajstić information content (AvgIpc) is 2.79. The molecule has 0 bridgehead atoms. The van der Waals surface area contributed by atoms with Gasteiger partial charge in [-0.25, -0.2) is 9.97 Å². The van der Waals surface area contributed by atoms with Gasteiger partial charge < -0.3 is 9.88 Å². The molecule has 4 nitrogen and oxygen atoms in total. The van der Waals surface area contributed by atoms with Crippen molar-refractivity contribution < 1.29 is 4.39 Å². The Morgan fingerprint density at radius 2 is 2.00 bits per heavy atom. The average molecular weight is 270 g/mol. The molecule has 0 saturated heterocycles. The summed E-state index contributed by atoms with van der Waals surface area (Å²) in [6.45, 7) is 2.02. The monoisotopic (exact) mass is 270 g/mol. The van der Waals surface area contributed by atoms with Crippen LogP contribution in [0.3, 0.4) is 0 Å². The van der Waals surface area contributed by atoms with E-state index in [1.807, 2.05) is 38.2 Å². The quantitative estimate of drug-likeness (QED) is 0.743. The lowest BCUT2D eigenvalue weighted by atomic mass is 10.3. The van der Waals surface area contributed by atoms with Gasteiger partial charge in [-0.15, -0.1) is 0 Å².